The van der Waals surface area contributed by atoms with Gasteiger partial charge in [0, 0.05) is 22.4 Å². The molecular formula is C26H17Cl2N3O3S. The van der Waals surface area contributed by atoms with Crippen molar-refractivity contribution in [2.24, 2.45) is 0 Å². The Bertz CT molecular complexity index is 1420. The normalized spacial score (nSPS) is 13.6. The number of imide groups is 1. The van der Waals surface area contributed by atoms with E-state index in [4.69, 9.17) is 23.2 Å². The molecule has 1 atom stereocenters. The molecule has 0 bridgehead atoms. The summed E-state index contributed by atoms with van der Waals surface area (Å²) in [6.07, 6.45) is 0.166. The summed E-state index contributed by atoms with van der Waals surface area (Å²) < 4.78 is 0. The second-order valence-electron chi connectivity index (χ2n) is 7.88. The highest BCUT2D eigenvalue weighted by Crippen LogP contribution is 2.33. The standard InChI is InChI=1S/C26H17Cl2N3O3S/c27-16-10-11-19(20(28)13-16)21-14-35-26(29-21)30-23(32)22(12-15-6-2-1-3-7-15)31-24(33)17-8-4-5-9-18(17)25(31)34/h1-11,13-14,22H,12H2,(H,29,30,32). The molecule has 4 aromatic rings. The Hall–Kier alpha value is -3.52. The van der Waals surface area contributed by atoms with Gasteiger partial charge in [-0.2, -0.15) is 0 Å². The van der Waals surface area contributed by atoms with Crippen LogP contribution in [0.5, 0.6) is 0 Å². The van der Waals surface area contributed by atoms with Crippen molar-refractivity contribution in [2.45, 2.75) is 12.5 Å². The van der Waals surface area contributed by atoms with E-state index in [-0.39, 0.29) is 17.5 Å². The molecule has 35 heavy (non-hydrogen) atoms. The molecule has 0 aliphatic carbocycles. The summed E-state index contributed by atoms with van der Waals surface area (Å²) in [5.41, 5.74) is 2.65. The van der Waals surface area contributed by atoms with Crippen molar-refractivity contribution in [3.8, 4) is 11.3 Å². The fraction of sp³-hybridized carbons (Fsp3) is 0.0769. The number of anilines is 1. The smallest absolute Gasteiger partial charge is 0.262 e. The van der Waals surface area contributed by atoms with Crippen LogP contribution in [0.15, 0.2) is 78.2 Å². The van der Waals surface area contributed by atoms with Gasteiger partial charge >= 0.3 is 0 Å². The maximum absolute atomic E-state index is 13.5. The van der Waals surface area contributed by atoms with E-state index in [2.05, 4.69) is 10.3 Å². The average molecular weight is 522 g/mol. The molecule has 0 radical (unpaired) electrons. The van der Waals surface area contributed by atoms with E-state index in [0.717, 1.165) is 10.5 Å². The van der Waals surface area contributed by atoms with Crippen molar-refractivity contribution in [1.29, 1.82) is 0 Å². The van der Waals surface area contributed by atoms with Gasteiger partial charge in [-0.25, -0.2) is 4.98 Å². The Morgan fingerprint density at radius 3 is 2.23 bits per heavy atom. The summed E-state index contributed by atoms with van der Waals surface area (Å²) in [7, 11) is 0. The van der Waals surface area contributed by atoms with Gasteiger partial charge in [0.05, 0.1) is 21.8 Å². The Labute approximate surface area is 215 Å². The van der Waals surface area contributed by atoms with Gasteiger partial charge in [-0.15, -0.1) is 11.3 Å². The number of rotatable bonds is 6. The zero-order valence-electron chi connectivity index (χ0n) is 18.1. The molecule has 3 aromatic carbocycles. The van der Waals surface area contributed by atoms with Crippen LogP contribution in [0.2, 0.25) is 10.0 Å². The lowest BCUT2D eigenvalue weighted by atomic mass is 10.0. The van der Waals surface area contributed by atoms with Crippen LogP contribution in [0.1, 0.15) is 26.3 Å². The van der Waals surface area contributed by atoms with E-state index >= 15 is 0 Å². The third-order valence-electron chi connectivity index (χ3n) is 5.65. The number of halogens is 2. The minimum absolute atomic E-state index is 0.166. The van der Waals surface area contributed by atoms with Crippen LogP contribution >= 0.6 is 34.5 Å². The number of nitrogens with one attached hydrogen (secondary N) is 1. The number of hydrogen-bond acceptors (Lipinski definition) is 5. The predicted octanol–water partition coefficient (Wildman–Crippen LogP) is 5.96. The molecule has 0 saturated carbocycles. The first kappa shape index (κ1) is 23.2. The van der Waals surface area contributed by atoms with Crippen LogP contribution in [0.3, 0.4) is 0 Å². The maximum Gasteiger partial charge on any atom is 0.262 e. The molecule has 6 nitrogen and oxygen atoms in total. The van der Waals surface area contributed by atoms with Gasteiger partial charge in [-0.05, 0) is 35.9 Å². The third kappa shape index (κ3) is 4.58. The lowest BCUT2D eigenvalue weighted by Crippen LogP contribution is -2.48. The van der Waals surface area contributed by atoms with Gasteiger partial charge in [0.25, 0.3) is 11.8 Å². The maximum atomic E-state index is 13.5. The molecule has 9 heteroatoms. The van der Waals surface area contributed by atoms with E-state index in [0.29, 0.717) is 26.4 Å². The second-order valence-corrected chi connectivity index (χ2v) is 9.58. The Kier molecular flexibility index (Phi) is 6.38. The van der Waals surface area contributed by atoms with Gasteiger partial charge < -0.3 is 5.32 Å². The SMILES string of the molecule is O=C(Nc1nc(-c2ccc(Cl)cc2Cl)cs1)C(Cc1ccccc1)N1C(=O)c2ccccc2C1=O. The number of aromatic nitrogens is 1. The van der Waals surface area contributed by atoms with Gasteiger partial charge in [0.15, 0.2) is 5.13 Å². The summed E-state index contributed by atoms with van der Waals surface area (Å²) in [4.78, 5) is 45.3. The first-order valence-corrected chi connectivity index (χ1v) is 12.3. The highest BCUT2D eigenvalue weighted by Gasteiger charge is 2.42. The van der Waals surface area contributed by atoms with Gasteiger partial charge in [-0.3, -0.25) is 19.3 Å². The average Bonchev–Trinajstić information content (AvgIpc) is 3.41. The monoisotopic (exact) mass is 521 g/mol. The number of nitrogens with zero attached hydrogens (tertiary/aromatic N) is 2. The number of hydrogen-bond donors (Lipinski definition) is 1. The molecular weight excluding hydrogens is 505 g/mol. The van der Waals surface area contributed by atoms with Crippen molar-refractivity contribution >= 4 is 57.4 Å². The zero-order chi connectivity index (χ0) is 24.5. The highest BCUT2D eigenvalue weighted by atomic mass is 35.5. The van der Waals surface area contributed by atoms with E-state index in [1.54, 1.807) is 47.8 Å². The summed E-state index contributed by atoms with van der Waals surface area (Å²) in [6.45, 7) is 0. The van der Waals surface area contributed by atoms with E-state index < -0.39 is 23.8 Å². The lowest BCUT2D eigenvalue weighted by molar-refractivity contribution is -0.119. The van der Waals surface area contributed by atoms with Crippen LogP contribution in [-0.2, 0) is 11.2 Å². The first-order chi connectivity index (χ1) is 16.9. The topological polar surface area (TPSA) is 79.4 Å². The molecule has 3 amide bonds. The van der Waals surface area contributed by atoms with Crippen LogP contribution in [0.4, 0.5) is 5.13 Å². The molecule has 1 aromatic heterocycles. The highest BCUT2D eigenvalue weighted by molar-refractivity contribution is 7.14. The molecule has 1 aliphatic heterocycles. The molecule has 174 valence electrons. The lowest BCUT2D eigenvalue weighted by Gasteiger charge is -2.25. The fourth-order valence-electron chi connectivity index (χ4n) is 3.97. The molecule has 1 N–H and O–H groups in total. The Morgan fingerprint density at radius 2 is 1.57 bits per heavy atom. The largest absolute Gasteiger partial charge is 0.300 e. The number of thiazole rings is 1. The molecule has 1 unspecified atom stereocenters. The quantitative estimate of drug-likeness (QED) is 0.317. The fourth-order valence-corrected chi connectivity index (χ4v) is 5.19. The first-order valence-electron chi connectivity index (χ1n) is 10.6. The van der Waals surface area contributed by atoms with Crippen LogP contribution in [-0.4, -0.2) is 33.6 Å². The molecule has 2 heterocycles. The van der Waals surface area contributed by atoms with Crippen molar-refractivity contribution in [2.75, 3.05) is 5.32 Å². The van der Waals surface area contributed by atoms with Crippen molar-refractivity contribution in [1.82, 2.24) is 9.88 Å². The van der Waals surface area contributed by atoms with Gasteiger partial charge in [0.1, 0.15) is 6.04 Å². The number of amides is 3. The Morgan fingerprint density at radius 1 is 0.914 bits per heavy atom. The molecule has 0 saturated heterocycles. The third-order valence-corrected chi connectivity index (χ3v) is 6.96. The van der Waals surface area contributed by atoms with E-state index in [9.17, 15) is 14.4 Å². The van der Waals surface area contributed by atoms with E-state index in [1.807, 2.05) is 30.3 Å². The number of carbonyl (C=O) groups is 3. The van der Waals surface area contributed by atoms with E-state index in [1.165, 1.54) is 11.3 Å². The van der Waals surface area contributed by atoms with Crippen molar-refractivity contribution in [3.63, 3.8) is 0 Å². The summed E-state index contributed by atoms with van der Waals surface area (Å²) in [5.74, 6) is -1.49. The molecule has 1 aliphatic rings. The number of carbonyl (C=O) groups excluding carboxylic acids is 3. The minimum Gasteiger partial charge on any atom is -0.300 e. The number of fused-ring (bicyclic) bond motifs is 1. The van der Waals surface area contributed by atoms with Crippen molar-refractivity contribution in [3.05, 3.63) is 105 Å². The van der Waals surface area contributed by atoms with Crippen LogP contribution in [0, 0.1) is 0 Å². The summed E-state index contributed by atoms with van der Waals surface area (Å²) in [5, 5.41) is 5.81. The predicted molar refractivity (Wildman–Crippen MR) is 137 cm³/mol. The van der Waals surface area contributed by atoms with Crippen molar-refractivity contribution < 1.29 is 14.4 Å². The molecule has 0 spiro atoms. The zero-order valence-corrected chi connectivity index (χ0v) is 20.4. The molecule has 0 fully saturated rings. The Balaban J connectivity index is 1.44. The number of benzene rings is 3. The van der Waals surface area contributed by atoms with Crippen LogP contribution in [0.25, 0.3) is 11.3 Å². The summed E-state index contributed by atoms with van der Waals surface area (Å²) >= 11 is 13.5. The van der Waals surface area contributed by atoms with Gasteiger partial charge in [-0.1, -0.05) is 65.7 Å². The minimum atomic E-state index is -1.06. The second kappa shape index (κ2) is 9.62. The van der Waals surface area contributed by atoms with Crippen LogP contribution < -0.4 is 5.32 Å². The molecule has 5 rings (SSSR count). The summed E-state index contributed by atoms with van der Waals surface area (Å²) in [6, 6.07) is 19.8. The van der Waals surface area contributed by atoms with Gasteiger partial charge in [0.2, 0.25) is 5.91 Å².